The Balaban J connectivity index is 1.76. The Bertz CT molecular complexity index is 743. The number of aromatic nitrogens is 5. The third kappa shape index (κ3) is 2.82. The van der Waals surface area contributed by atoms with Gasteiger partial charge < -0.3 is 4.57 Å². The molecule has 7 nitrogen and oxygen atoms in total. The second kappa shape index (κ2) is 5.91. The van der Waals surface area contributed by atoms with Crippen molar-refractivity contribution in [2.24, 2.45) is 14.1 Å². The molecule has 1 aliphatic rings. The van der Waals surface area contributed by atoms with Gasteiger partial charge in [0.15, 0.2) is 5.16 Å². The van der Waals surface area contributed by atoms with E-state index in [-0.39, 0.29) is 11.2 Å². The maximum atomic E-state index is 12.7. The zero-order valence-electron chi connectivity index (χ0n) is 12.9. The minimum Gasteiger partial charge on any atom is -0.304 e. The van der Waals surface area contributed by atoms with Crippen LogP contribution in [0.5, 0.6) is 0 Å². The first-order chi connectivity index (χ1) is 10.9. The van der Waals surface area contributed by atoms with Gasteiger partial charge in [-0.1, -0.05) is 11.8 Å². The van der Waals surface area contributed by atoms with Gasteiger partial charge in [0.1, 0.15) is 5.82 Å². The summed E-state index contributed by atoms with van der Waals surface area (Å²) in [4.78, 5) is 14.3. The molecule has 3 rings (SSSR count). The fraction of sp³-hybridized carbons (Fsp3) is 0.538. The Kier molecular flexibility index (Phi) is 4.09. The van der Waals surface area contributed by atoms with Gasteiger partial charge in [-0.25, -0.2) is 8.78 Å². The van der Waals surface area contributed by atoms with Crippen molar-refractivity contribution in [1.29, 1.82) is 0 Å². The molecular weight excluding hydrogens is 326 g/mol. The summed E-state index contributed by atoms with van der Waals surface area (Å²) in [6, 6.07) is 1.85. The number of anilines is 1. The maximum Gasteiger partial charge on any atom is 0.297 e. The summed E-state index contributed by atoms with van der Waals surface area (Å²) < 4.78 is 28.4. The number of aryl methyl sites for hydroxylation is 2. The van der Waals surface area contributed by atoms with E-state index < -0.39 is 12.2 Å². The van der Waals surface area contributed by atoms with Crippen LogP contribution in [0, 0.1) is 6.92 Å². The van der Waals surface area contributed by atoms with Gasteiger partial charge in [0.2, 0.25) is 11.7 Å². The first-order valence-electron chi connectivity index (χ1n) is 7.04. The summed E-state index contributed by atoms with van der Waals surface area (Å²) in [6.07, 6.45) is -2.07. The fourth-order valence-corrected chi connectivity index (χ4v) is 3.63. The van der Waals surface area contributed by atoms with Crippen LogP contribution >= 0.6 is 11.8 Å². The highest BCUT2D eigenvalue weighted by Crippen LogP contribution is 2.33. The SMILES string of the molecule is Cc1cc(N2CC[C@H](Sc3nnc(C(F)F)n3C)C2=O)n(C)n1. The van der Waals surface area contributed by atoms with E-state index in [1.807, 2.05) is 13.0 Å². The molecule has 1 fully saturated rings. The number of amides is 1. The molecule has 0 bridgehead atoms. The van der Waals surface area contributed by atoms with Crippen molar-refractivity contribution in [1.82, 2.24) is 24.5 Å². The molecular formula is C13H16F2N6OS. The lowest BCUT2D eigenvalue weighted by molar-refractivity contribution is -0.116. The van der Waals surface area contributed by atoms with Crippen molar-refractivity contribution in [3.8, 4) is 0 Å². The average Bonchev–Trinajstić information content (AvgIpc) is 3.11. The highest BCUT2D eigenvalue weighted by molar-refractivity contribution is 8.00. The molecule has 0 saturated carbocycles. The predicted octanol–water partition coefficient (Wildman–Crippen LogP) is 1.69. The third-order valence-corrected chi connectivity index (χ3v) is 5.01. The molecule has 0 aromatic carbocycles. The van der Waals surface area contributed by atoms with Crippen LogP contribution in [0.4, 0.5) is 14.6 Å². The number of hydrogen-bond donors (Lipinski definition) is 0. The van der Waals surface area contributed by atoms with Crippen molar-refractivity contribution >= 4 is 23.5 Å². The fourth-order valence-electron chi connectivity index (χ4n) is 2.59. The normalized spacial score (nSPS) is 18.4. The molecule has 2 aromatic heterocycles. The quantitative estimate of drug-likeness (QED) is 0.846. The van der Waals surface area contributed by atoms with Gasteiger partial charge in [0.05, 0.1) is 10.9 Å². The summed E-state index contributed by atoms with van der Waals surface area (Å²) in [7, 11) is 3.26. The van der Waals surface area contributed by atoms with E-state index in [0.717, 1.165) is 11.5 Å². The summed E-state index contributed by atoms with van der Waals surface area (Å²) in [5.74, 6) is 0.276. The molecule has 124 valence electrons. The number of alkyl halides is 2. The van der Waals surface area contributed by atoms with Crippen LogP contribution in [-0.4, -0.2) is 42.2 Å². The zero-order valence-corrected chi connectivity index (χ0v) is 13.7. The van der Waals surface area contributed by atoms with E-state index in [1.165, 1.54) is 23.4 Å². The molecule has 10 heteroatoms. The standard InChI is InChI=1S/C13H16F2N6OS/c1-7-6-9(20(3)18-7)21-5-4-8(12(21)22)23-13-17-16-11(10(14)15)19(13)2/h6,8,10H,4-5H2,1-3H3/t8-/m0/s1. The van der Waals surface area contributed by atoms with E-state index in [9.17, 15) is 13.6 Å². The summed E-state index contributed by atoms with van der Waals surface area (Å²) in [5, 5.41) is 11.4. The average molecular weight is 342 g/mol. The number of rotatable bonds is 4. The molecule has 1 saturated heterocycles. The Labute approximate surface area is 135 Å². The van der Waals surface area contributed by atoms with E-state index in [4.69, 9.17) is 0 Å². The zero-order chi connectivity index (χ0) is 16.7. The number of carbonyl (C=O) groups excluding carboxylic acids is 1. The Hall–Kier alpha value is -1.97. The maximum absolute atomic E-state index is 12.7. The molecule has 0 spiro atoms. The smallest absolute Gasteiger partial charge is 0.297 e. The van der Waals surface area contributed by atoms with Crippen LogP contribution in [0.2, 0.25) is 0 Å². The minimum atomic E-state index is -2.69. The summed E-state index contributed by atoms with van der Waals surface area (Å²) in [6.45, 7) is 2.43. The first-order valence-corrected chi connectivity index (χ1v) is 7.92. The molecule has 1 atom stereocenters. The Morgan fingerprint density at radius 1 is 1.35 bits per heavy atom. The molecule has 0 aliphatic carbocycles. The van der Waals surface area contributed by atoms with E-state index in [2.05, 4.69) is 15.3 Å². The molecule has 23 heavy (non-hydrogen) atoms. The molecule has 2 aromatic rings. The van der Waals surface area contributed by atoms with Crippen LogP contribution in [-0.2, 0) is 18.9 Å². The topological polar surface area (TPSA) is 68.8 Å². The van der Waals surface area contributed by atoms with Crippen LogP contribution in [0.25, 0.3) is 0 Å². The lowest BCUT2D eigenvalue weighted by atomic mass is 10.4. The van der Waals surface area contributed by atoms with Crippen LogP contribution in [0.3, 0.4) is 0 Å². The van der Waals surface area contributed by atoms with Crippen LogP contribution in [0.1, 0.15) is 24.4 Å². The molecule has 1 aliphatic heterocycles. The second-order valence-electron chi connectivity index (χ2n) is 5.35. The molecule has 0 unspecified atom stereocenters. The Morgan fingerprint density at radius 2 is 2.09 bits per heavy atom. The van der Waals surface area contributed by atoms with Crippen LogP contribution in [0.15, 0.2) is 11.2 Å². The molecule has 0 radical (unpaired) electrons. The van der Waals surface area contributed by atoms with Crippen molar-refractivity contribution < 1.29 is 13.6 Å². The van der Waals surface area contributed by atoms with Gasteiger partial charge in [-0.3, -0.25) is 14.4 Å². The lowest BCUT2D eigenvalue weighted by Crippen LogP contribution is -2.29. The van der Waals surface area contributed by atoms with E-state index in [0.29, 0.717) is 18.1 Å². The number of nitrogens with zero attached hydrogens (tertiary/aromatic N) is 6. The third-order valence-electron chi connectivity index (χ3n) is 3.72. The summed E-state index contributed by atoms with van der Waals surface area (Å²) >= 11 is 1.17. The molecule has 3 heterocycles. The highest BCUT2D eigenvalue weighted by atomic mass is 32.2. The van der Waals surface area contributed by atoms with E-state index >= 15 is 0 Å². The van der Waals surface area contributed by atoms with Gasteiger partial charge in [-0.05, 0) is 13.3 Å². The molecule has 1 amide bonds. The van der Waals surface area contributed by atoms with Gasteiger partial charge >= 0.3 is 0 Å². The largest absolute Gasteiger partial charge is 0.304 e. The monoisotopic (exact) mass is 342 g/mol. The lowest BCUT2D eigenvalue weighted by Gasteiger charge is -2.16. The van der Waals surface area contributed by atoms with Crippen molar-refractivity contribution in [2.75, 3.05) is 11.4 Å². The van der Waals surface area contributed by atoms with Crippen molar-refractivity contribution in [3.63, 3.8) is 0 Å². The highest BCUT2D eigenvalue weighted by Gasteiger charge is 2.36. The first kappa shape index (κ1) is 15.9. The predicted molar refractivity (Wildman–Crippen MR) is 80.5 cm³/mol. The number of thioether (sulfide) groups is 1. The van der Waals surface area contributed by atoms with Gasteiger partial charge in [0.25, 0.3) is 6.43 Å². The van der Waals surface area contributed by atoms with Crippen LogP contribution < -0.4 is 4.90 Å². The summed E-state index contributed by atoms with van der Waals surface area (Å²) in [5.41, 5.74) is 0.835. The number of carbonyl (C=O) groups is 1. The van der Waals surface area contributed by atoms with E-state index in [1.54, 1.807) is 16.6 Å². The van der Waals surface area contributed by atoms with Crippen molar-refractivity contribution in [2.45, 2.75) is 30.2 Å². The van der Waals surface area contributed by atoms with Gasteiger partial charge in [-0.15, -0.1) is 10.2 Å². The minimum absolute atomic E-state index is 0.0698. The Morgan fingerprint density at radius 3 is 2.65 bits per heavy atom. The number of hydrogen-bond acceptors (Lipinski definition) is 5. The molecule has 0 N–H and O–H groups in total. The van der Waals surface area contributed by atoms with Gasteiger partial charge in [-0.2, -0.15) is 5.10 Å². The van der Waals surface area contributed by atoms with Crippen molar-refractivity contribution in [3.05, 3.63) is 17.6 Å². The van der Waals surface area contributed by atoms with Gasteiger partial charge in [0, 0.05) is 26.7 Å². The second-order valence-corrected chi connectivity index (χ2v) is 6.52. The number of halogens is 2.